The highest BCUT2D eigenvalue weighted by molar-refractivity contribution is 5.94. The van der Waals surface area contributed by atoms with E-state index in [9.17, 15) is 4.79 Å². The van der Waals surface area contributed by atoms with Crippen LogP contribution in [0.5, 0.6) is 11.5 Å². The molecule has 2 aromatic rings. The summed E-state index contributed by atoms with van der Waals surface area (Å²) in [4.78, 5) is 12.3. The van der Waals surface area contributed by atoms with Gasteiger partial charge in [0.2, 0.25) is 0 Å². The monoisotopic (exact) mass is 299 g/mol. The second-order valence-electron chi connectivity index (χ2n) is 5.18. The number of benzene rings is 2. The lowest BCUT2D eigenvalue weighted by Crippen LogP contribution is -2.26. The Bertz CT molecular complexity index is 667. The minimum Gasteiger partial charge on any atom is -0.493 e. The number of ether oxygens (including phenoxy) is 2. The van der Waals surface area contributed by atoms with Crippen LogP contribution < -0.4 is 14.8 Å². The fourth-order valence-corrected chi connectivity index (χ4v) is 2.27. The first kappa shape index (κ1) is 15.9. The Balaban J connectivity index is 2.15. The van der Waals surface area contributed by atoms with Crippen LogP contribution in [0.1, 0.15) is 34.5 Å². The van der Waals surface area contributed by atoms with E-state index in [1.807, 2.05) is 56.3 Å². The molecule has 0 heterocycles. The number of amides is 1. The van der Waals surface area contributed by atoms with Gasteiger partial charge in [0.1, 0.15) is 0 Å². The molecule has 0 aliphatic heterocycles. The molecule has 0 aromatic heterocycles. The predicted octanol–water partition coefficient (Wildman–Crippen LogP) is 3.50. The molecular formula is C18H21NO3. The third-order valence-corrected chi connectivity index (χ3v) is 3.54. The third-order valence-electron chi connectivity index (χ3n) is 3.54. The summed E-state index contributed by atoms with van der Waals surface area (Å²) < 4.78 is 10.5. The molecule has 0 aliphatic carbocycles. The molecule has 0 spiro atoms. The first-order chi connectivity index (χ1) is 10.5. The molecule has 1 amide bonds. The largest absolute Gasteiger partial charge is 0.493 e. The summed E-state index contributed by atoms with van der Waals surface area (Å²) >= 11 is 0. The van der Waals surface area contributed by atoms with Crippen LogP contribution in [0, 0.1) is 6.92 Å². The van der Waals surface area contributed by atoms with Gasteiger partial charge >= 0.3 is 0 Å². The molecule has 0 radical (unpaired) electrons. The van der Waals surface area contributed by atoms with Gasteiger partial charge in [0.15, 0.2) is 11.5 Å². The zero-order chi connectivity index (χ0) is 16.1. The third kappa shape index (κ3) is 3.58. The number of hydrogen-bond donors (Lipinski definition) is 1. The van der Waals surface area contributed by atoms with Crippen molar-refractivity contribution in [3.05, 3.63) is 59.2 Å². The molecule has 2 aromatic carbocycles. The molecule has 1 N–H and O–H groups in total. The number of carbonyl (C=O) groups excluding carboxylic acids is 1. The van der Waals surface area contributed by atoms with Crippen LogP contribution in [-0.2, 0) is 0 Å². The fraction of sp³-hybridized carbons (Fsp3) is 0.278. The van der Waals surface area contributed by atoms with Gasteiger partial charge < -0.3 is 14.8 Å². The summed E-state index contributed by atoms with van der Waals surface area (Å²) in [5.41, 5.74) is 2.68. The molecule has 0 aliphatic rings. The van der Waals surface area contributed by atoms with Gasteiger partial charge in [-0.2, -0.15) is 0 Å². The Kier molecular flexibility index (Phi) is 5.04. The van der Waals surface area contributed by atoms with E-state index in [4.69, 9.17) is 9.47 Å². The standard InChI is InChI=1S/C18H21NO3/c1-12-6-5-7-15(10-12)18(20)19-13(2)14-8-9-16(21-3)17(11-14)22-4/h5-11,13H,1-4H3,(H,19,20)/t13-/m0/s1. The lowest BCUT2D eigenvalue weighted by Gasteiger charge is -2.16. The molecule has 116 valence electrons. The van der Waals surface area contributed by atoms with E-state index in [0.29, 0.717) is 17.1 Å². The molecule has 22 heavy (non-hydrogen) atoms. The number of rotatable bonds is 5. The van der Waals surface area contributed by atoms with Crippen LogP contribution in [-0.4, -0.2) is 20.1 Å². The molecule has 0 saturated carbocycles. The average molecular weight is 299 g/mol. The Morgan fingerprint density at radius 2 is 1.77 bits per heavy atom. The van der Waals surface area contributed by atoms with Gasteiger partial charge in [-0.25, -0.2) is 0 Å². The highest BCUT2D eigenvalue weighted by Gasteiger charge is 2.14. The van der Waals surface area contributed by atoms with Gasteiger partial charge in [0.25, 0.3) is 5.91 Å². The van der Waals surface area contributed by atoms with Crippen LogP contribution in [0.15, 0.2) is 42.5 Å². The molecule has 2 rings (SSSR count). The molecule has 0 saturated heterocycles. The lowest BCUT2D eigenvalue weighted by atomic mass is 10.1. The lowest BCUT2D eigenvalue weighted by molar-refractivity contribution is 0.0939. The average Bonchev–Trinajstić information content (AvgIpc) is 2.54. The summed E-state index contributed by atoms with van der Waals surface area (Å²) in [7, 11) is 3.19. The van der Waals surface area contributed by atoms with Gasteiger partial charge in [-0.15, -0.1) is 0 Å². The summed E-state index contributed by atoms with van der Waals surface area (Å²) in [5, 5.41) is 2.99. The van der Waals surface area contributed by atoms with Crippen LogP contribution >= 0.6 is 0 Å². The summed E-state index contributed by atoms with van der Waals surface area (Å²) in [6, 6.07) is 13.0. The van der Waals surface area contributed by atoms with E-state index >= 15 is 0 Å². The summed E-state index contributed by atoms with van der Waals surface area (Å²) in [6.07, 6.45) is 0. The normalized spacial score (nSPS) is 11.6. The molecule has 0 unspecified atom stereocenters. The maximum atomic E-state index is 12.3. The van der Waals surface area contributed by atoms with Crippen LogP contribution in [0.25, 0.3) is 0 Å². The maximum Gasteiger partial charge on any atom is 0.251 e. The number of nitrogens with one attached hydrogen (secondary N) is 1. The predicted molar refractivity (Wildman–Crippen MR) is 86.6 cm³/mol. The zero-order valence-corrected chi connectivity index (χ0v) is 13.3. The number of carbonyl (C=O) groups is 1. The van der Waals surface area contributed by atoms with Crippen molar-refractivity contribution in [1.29, 1.82) is 0 Å². The summed E-state index contributed by atoms with van der Waals surface area (Å²) in [6.45, 7) is 3.91. The van der Waals surface area contributed by atoms with Crippen molar-refractivity contribution >= 4 is 5.91 Å². The minimum atomic E-state index is -0.132. The van der Waals surface area contributed by atoms with Crippen LogP contribution in [0.3, 0.4) is 0 Å². The highest BCUT2D eigenvalue weighted by atomic mass is 16.5. The van der Waals surface area contributed by atoms with Crippen LogP contribution in [0.4, 0.5) is 0 Å². The van der Waals surface area contributed by atoms with Crippen molar-refractivity contribution in [2.24, 2.45) is 0 Å². The number of aryl methyl sites for hydroxylation is 1. The second kappa shape index (κ2) is 6.98. The molecular weight excluding hydrogens is 278 g/mol. The number of methoxy groups -OCH3 is 2. The molecule has 4 heteroatoms. The van der Waals surface area contributed by atoms with E-state index in [0.717, 1.165) is 11.1 Å². The maximum absolute atomic E-state index is 12.3. The molecule has 0 fully saturated rings. The molecule has 4 nitrogen and oxygen atoms in total. The van der Waals surface area contributed by atoms with Crippen molar-refractivity contribution in [3.63, 3.8) is 0 Å². The van der Waals surface area contributed by atoms with Crippen molar-refractivity contribution in [1.82, 2.24) is 5.32 Å². The van der Waals surface area contributed by atoms with E-state index in [1.165, 1.54) is 0 Å². The van der Waals surface area contributed by atoms with Crippen molar-refractivity contribution in [2.45, 2.75) is 19.9 Å². The van der Waals surface area contributed by atoms with E-state index in [2.05, 4.69) is 5.32 Å². The van der Waals surface area contributed by atoms with Gasteiger partial charge in [0.05, 0.1) is 20.3 Å². The van der Waals surface area contributed by atoms with E-state index in [-0.39, 0.29) is 11.9 Å². The number of hydrogen-bond acceptors (Lipinski definition) is 3. The zero-order valence-electron chi connectivity index (χ0n) is 13.3. The van der Waals surface area contributed by atoms with E-state index < -0.39 is 0 Å². The Hall–Kier alpha value is -2.49. The Morgan fingerprint density at radius 1 is 1.05 bits per heavy atom. The van der Waals surface area contributed by atoms with Gasteiger partial charge in [-0.1, -0.05) is 23.8 Å². The molecule has 1 atom stereocenters. The van der Waals surface area contributed by atoms with E-state index in [1.54, 1.807) is 14.2 Å². The fourth-order valence-electron chi connectivity index (χ4n) is 2.27. The van der Waals surface area contributed by atoms with Gasteiger partial charge in [-0.3, -0.25) is 4.79 Å². The SMILES string of the molecule is COc1ccc([C@H](C)NC(=O)c2cccc(C)c2)cc1OC. The highest BCUT2D eigenvalue weighted by Crippen LogP contribution is 2.29. The minimum absolute atomic E-state index is 0.0917. The van der Waals surface area contributed by atoms with Gasteiger partial charge in [-0.05, 0) is 43.7 Å². The van der Waals surface area contributed by atoms with Crippen LogP contribution in [0.2, 0.25) is 0 Å². The first-order valence-corrected chi connectivity index (χ1v) is 7.14. The quantitative estimate of drug-likeness (QED) is 0.919. The summed E-state index contributed by atoms with van der Waals surface area (Å²) in [5.74, 6) is 1.23. The van der Waals surface area contributed by atoms with Gasteiger partial charge in [0, 0.05) is 5.56 Å². The Morgan fingerprint density at radius 3 is 2.41 bits per heavy atom. The van der Waals surface area contributed by atoms with Crippen molar-refractivity contribution < 1.29 is 14.3 Å². The topological polar surface area (TPSA) is 47.6 Å². The van der Waals surface area contributed by atoms with Crippen molar-refractivity contribution in [3.8, 4) is 11.5 Å². The smallest absolute Gasteiger partial charge is 0.251 e. The second-order valence-corrected chi connectivity index (χ2v) is 5.18. The van der Waals surface area contributed by atoms with Crippen molar-refractivity contribution in [2.75, 3.05) is 14.2 Å². The first-order valence-electron chi connectivity index (χ1n) is 7.14. The Labute approximate surface area is 131 Å². The molecule has 0 bridgehead atoms.